The maximum absolute atomic E-state index is 14.6. The van der Waals surface area contributed by atoms with Gasteiger partial charge in [-0.1, -0.05) is 36.0 Å². The molecule has 1 fully saturated rings. The van der Waals surface area contributed by atoms with Crippen molar-refractivity contribution in [2.75, 3.05) is 23.7 Å². The highest BCUT2D eigenvalue weighted by Crippen LogP contribution is 2.46. The Morgan fingerprint density at radius 3 is 2.71 bits per heavy atom. The Bertz CT molecular complexity index is 1270. The van der Waals surface area contributed by atoms with Crippen LogP contribution < -0.4 is 10.2 Å². The van der Waals surface area contributed by atoms with E-state index in [9.17, 15) is 13.6 Å². The number of anilines is 1. The van der Waals surface area contributed by atoms with Gasteiger partial charge in [-0.05, 0) is 32.0 Å². The number of nitrogens with one attached hydrogen (secondary N) is 1. The van der Waals surface area contributed by atoms with Crippen molar-refractivity contribution in [1.29, 1.82) is 0 Å². The molecule has 1 saturated heterocycles. The number of thioether (sulfide) groups is 1. The molecule has 2 aliphatic rings. The van der Waals surface area contributed by atoms with Gasteiger partial charge in [0, 0.05) is 41.7 Å². The lowest BCUT2D eigenvalue weighted by Gasteiger charge is -2.35. The second-order valence-electron chi connectivity index (χ2n) is 9.13. The lowest BCUT2D eigenvalue weighted by atomic mass is 9.83. The first-order chi connectivity index (χ1) is 16.8. The van der Waals surface area contributed by atoms with Crippen molar-refractivity contribution in [3.05, 3.63) is 83.7 Å². The second kappa shape index (κ2) is 8.99. The summed E-state index contributed by atoms with van der Waals surface area (Å²) in [5.41, 5.74) is -1.50. The van der Waals surface area contributed by atoms with Gasteiger partial charge in [0.25, 0.3) is 5.91 Å². The molecule has 1 N–H and O–H groups in total. The van der Waals surface area contributed by atoms with Crippen molar-refractivity contribution in [3.63, 3.8) is 0 Å². The Morgan fingerprint density at radius 2 is 2.00 bits per heavy atom. The monoisotopic (exact) mass is 494 g/mol. The van der Waals surface area contributed by atoms with E-state index in [-0.39, 0.29) is 23.5 Å². The van der Waals surface area contributed by atoms with E-state index in [0.29, 0.717) is 29.6 Å². The smallest absolute Gasteiger partial charge is 0.257 e. The van der Waals surface area contributed by atoms with Crippen LogP contribution in [0.4, 0.5) is 14.7 Å². The molecule has 4 heterocycles. The zero-order valence-corrected chi connectivity index (χ0v) is 20.1. The predicted octanol–water partition coefficient (Wildman–Crippen LogP) is 4.08. The van der Waals surface area contributed by atoms with E-state index in [1.54, 1.807) is 24.5 Å². The molecule has 180 valence electrons. The fraction of sp³-hybridized carbons (Fsp3) is 0.320. The standard InChI is InChI=1S/C25H24F2N6OS/c1-24(2,27)20-19(26)12-29-22(30-20)33-13-18-14-35-23(31-21(34)16-7-4-3-5-8-16)32-25(18,15-33)17-9-6-10-28-11-17/h3-12,18H,13-15H2,1-2H3,(H,31,32,34)/t18-,25+/m0/s1. The van der Waals surface area contributed by atoms with E-state index in [1.165, 1.54) is 25.6 Å². The van der Waals surface area contributed by atoms with E-state index in [2.05, 4.69) is 20.3 Å². The van der Waals surface area contributed by atoms with Gasteiger partial charge in [-0.15, -0.1) is 0 Å². The summed E-state index contributed by atoms with van der Waals surface area (Å²) in [6.45, 7) is 3.47. The third-order valence-electron chi connectivity index (χ3n) is 6.27. The van der Waals surface area contributed by atoms with Gasteiger partial charge in [0.15, 0.2) is 11.0 Å². The molecule has 1 aromatic carbocycles. The zero-order chi connectivity index (χ0) is 24.6. The summed E-state index contributed by atoms with van der Waals surface area (Å²) in [7, 11) is 0. The number of rotatable bonds is 4. The number of amides is 1. The molecule has 3 aromatic rings. The highest BCUT2D eigenvalue weighted by molar-refractivity contribution is 8.13. The summed E-state index contributed by atoms with van der Waals surface area (Å²) in [5, 5.41) is 3.46. The number of aromatic nitrogens is 3. The average molecular weight is 495 g/mol. The minimum atomic E-state index is -1.95. The van der Waals surface area contributed by atoms with Gasteiger partial charge in [-0.2, -0.15) is 0 Å². The van der Waals surface area contributed by atoms with Crippen LogP contribution in [0, 0.1) is 11.7 Å². The highest BCUT2D eigenvalue weighted by Gasteiger charge is 2.51. The number of nitrogens with zero attached hydrogens (tertiary/aromatic N) is 5. The first-order valence-electron chi connectivity index (χ1n) is 11.2. The number of amidine groups is 1. The summed E-state index contributed by atoms with van der Waals surface area (Å²) in [4.78, 5) is 32.4. The summed E-state index contributed by atoms with van der Waals surface area (Å²) in [6.07, 6.45) is 4.48. The van der Waals surface area contributed by atoms with Gasteiger partial charge in [-0.3, -0.25) is 9.78 Å². The molecule has 35 heavy (non-hydrogen) atoms. The molecular weight excluding hydrogens is 470 g/mol. The van der Waals surface area contributed by atoms with Crippen LogP contribution in [0.15, 0.2) is 66.0 Å². The first-order valence-corrected chi connectivity index (χ1v) is 12.2. The van der Waals surface area contributed by atoms with Crippen molar-refractivity contribution in [3.8, 4) is 0 Å². The quantitative estimate of drug-likeness (QED) is 0.589. The molecule has 0 radical (unpaired) electrons. The number of alkyl halides is 1. The van der Waals surface area contributed by atoms with Crippen LogP contribution in [-0.4, -0.2) is 44.9 Å². The number of carbonyl (C=O) groups excluding carboxylic acids is 1. The molecule has 0 unspecified atom stereocenters. The molecule has 0 aliphatic carbocycles. The molecular formula is C25H24F2N6OS. The van der Waals surface area contributed by atoms with E-state index in [0.717, 1.165) is 11.8 Å². The van der Waals surface area contributed by atoms with Crippen molar-refractivity contribution in [2.24, 2.45) is 10.9 Å². The van der Waals surface area contributed by atoms with Crippen molar-refractivity contribution in [2.45, 2.75) is 25.1 Å². The Balaban J connectivity index is 1.50. The van der Waals surface area contributed by atoms with Gasteiger partial charge in [-0.25, -0.2) is 23.7 Å². The number of hydrogen-bond acceptors (Lipinski definition) is 7. The molecule has 10 heteroatoms. The number of pyridine rings is 1. The largest absolute Gasteiger partial charge is 0.338 e. The average Bonchev–Trinajstić information content (AvgIpc) is 3.25. The fourth-order valence-corrected chi connectivity index (χ4v) is 5.66. The van der Waals surface area contributed by atoms with Crippen molar-refractivity contribution < 1.29 is 13.6 Å². The normalized spacial score (nSPS) is 21.9. The number of fused-ring (bicyclic) bond motifs is 1. The number of halogens is 2. The van der Waals surface area contributed by atoms with Crippen LogP contribution >= 0.6 is 11.8 Å². The number of benzene rings is 1. The maximum Gasteiger partial charge on any atom is 0.257 e. The van der Waals surface area contributed by atoms with E-state index < -0.39 is 17.0 Å². The van der Waals surface area contributed by atoms with Gasteiger partial charge < -0.3 is 10.2 Å². The van der Waals surface area contributed by atoms with Gasteiger partial charge in [0.2, 0.25) is 5.95 Å². The SMILES string of the molecule is CC(C)(F)c1nc(N2C[C@H]3CSC(NC(=O)c4ccccc4)=N[C@@]3(c3cccnc3)C2)ncc1F. The Kier molecular flexibility index (Phi) is 6.00. The molecule has 2 atom stereocenters. The van der Waals surface area contributed by atoms with Crippen LogP contribution in [0.25, 0.3) is 0 Å². The van der Waals surface area contributed by atoms with Crippen LogP contribution in [0.3, 0.4) is 0 Å². The van der Waals surface area contributed by atoms with Crippen LogP contribution in [0.5, 0.6) is 0 Å². The zero-order valence-electron chi connectivity index (χ0n) is 19.3. The summed E-state index contributed by atoms with van der Waals surface area (Å²) in [6, 6.07) is 12.8. The third kappa shape index (κ3) is 4.50. The predicted molar refractivity (Wildman–Crippen MR) is 132 cm³/mol. The van der Waals surface area contributed by atoms with Crippen molar-refractivity contribution >= 4 is 28.8 Å². The second-order valence-corrected chi connectivity index (χ2v) is 10.1. The molecule has 0 spiro atoms. The molecule has 5 rings (SSSR count). The highest BCUT2D eigenvalue weighted by atomic mass is 32.2. The number of aliphatic imine (C=N–C) groups is 1. The number of carbonyl (C=O) groups is 1. The van der Waals surface area contributed by atoms with Crippen LogP contribution in [0.2, 0.25) is 0 Å². The van der Waals surface area contributed by atoms with E-state index in [4.69, 9.17) is 4.99 Å². The fourth-order valence-electron chi connectivity index (χ4n) is 4.52. The summed E-state index contributed by atoms with van der Waals surface area (Å²) in [5.74, 6) is -0.0333. The number of hydrogen-bond donors (Lipinski definition) is 1. The molecule has 0 bridgehead atoms. The molecule has 0 saturated carbocycles. The van der Waals surface area contributed by atoms with Gasteiger partial charge >= 0.3 is 0 Å². The minimum absolute atomic E-state index is 0.0459. The molecule has 1 amide bonds. The van der Waals surface area contributed by atoms with E-state index >= 15 is 0 Å². The van der Waals surface area contributed by atoms with Gasteiger partial charge in [0.1, 0.15) is 16.9 Å². The summed E-state index contributed by atoms with van der Waals surface area (Å²) < 4.78 is 28.8. The Morgan fingerprint density at radius 1 is 1.20 bits per heavy atom. The Hall–Kier alpha value is -3.40. The summed E-state index contributed by atoms with van der Waals surface area (Å²) >= 11 is 1.47. The topological polar surface area (TPSA) is 83.4 Å². The minimum Gasteiger partial charge on any atom is -0.338 e. The maximum atomic E-state index is 14.6. The molecule has 2 aliphatic heterocycles. The Labute approximate surface area is 206 Å². The molecule has 2 aromatic heterocycles. The van der Waals surface area contributed by atoms with Crippen LogP contribution in [0.1, 0.15) is 35.5 Å². The third-order valence-corrected chi connectivity index (χ3v) is 7.30. The first kappa shape index (κ1) is 23.3. The van der Waals surface area contributed by atoms with Crippen molar-refractivity contribution in [1.82, 2.24) is 20.3 Å². The lowest BCUT2D eigenvalue weighted by molar-refractivity contribution is 0.0977. The molecule has 7 nitrogen and oxygen atoms in total. The van der Waals surface area contributed by atoms with E-state index in [1.807, 2.05) is 35.2 Å². The lowest BCUT2D eigenvalue weighted by Crippen LogP contribution is -2.42. The van der Waals surface area contributed by atoms with Crippen LogP contribution in [-0.2, 0) is 11.2 Å². The van der Waals surface area contributed by atoms with Gasteiger partial charge in [0.05, 0.1) is 12.7 Å².